The predicted octanol–water partition coefficient (Wildman–Crippen LogP) is 1.92. The molecule has 1 heterocycles. The van der Waals surface area contributed by atoms with Crippen molar-refractivity contribution in [3.05, 3.63) is 46.8 Å². The maximum absolute atomic E-state index is 11.4. The average Bonchev–Trinajstić information content (AvgIpc) is 2.74. The molecule has 2 N–H and O–H groups in total. The van der Waals surface area contributed by atoms with Gasteiger partial charge < -0.3 is 10.5 Å². The van der Waals surface area contributed by atoms with Gasteiger partial charge in [0.15, 0.2) is 5.69 Å². The van der Waals surface area contributed by atoms with Gasteiger partial charge in [-0.15, -0.1) is 0 Å². The maximum atomic E-state index is 11.4. The smallest absolute Gasteiger partial charge is 0.360 e. The number of ether oxygens (including phenoxy) is 1. The molecule has 0 saturated carbocycles. The number of anilines is 1. The molecule has 19 heavy (non-hydrogen) atoms. The van der Waals surface area contributed by atoms with Crippen molar-refractivity contribution in [3.8, 4) is 0 Å². The number of nitrogens with zero attached hydrogens (tertiary/aromatic N) is 2. The van der Waals surface area contributed by atoms with E-state index in [-0.39, 0.29) is 5.69 Å². The molecular formula is C14H17N3O2. The summed E-state index contributed by atoms with van der Waals surface area (Å²) >= 11 is 0. The van der Waals surface area contributed by atoms with Crippen molar-refractivity contribution in [2.45, 2.75) is 20.4 Å². The van der Waals surface area contributed by atoms with Crippen molar-refractivity contribution in [2.24, 2.45) is 0 Å². The van der Waals surface area contributed by atoms with Gasteiger partial charge in [-0.3, -0.25) is 4.68 Å². The van der Waals surface area contributed by atoms with Crippen molar-refractivity contribution in [3.63, 3.8) is 0 Å². The molecule has 2 aromatic rings. The molecule has 5 heteroatoms. The van der Waals surface area contributed by atoms with Gasteiger partial charge in [0, 0.05) is 6.20 Å². The summed E-state index contributed by atoms with van der Waals surface area (Å²) in [5.74, 6) is -0.517. The predicted molar refractivity (Wildman–Crippen MR) is 73.0 cm³/mol. The molecule has 0 unspecified atom stereocenters. The molecule has 0 aliphatic carbocycles. The second-order valence-electron chi connectivity index (χ2n) is 4.54. The highest BCUT2D eigenvalue weighted by atomic mass is 16.5. The lowest BCUT2D eigenvalue weighted by Gasteiger charge is -2.05. The van der Waals surface area contributed by atoms with E-state index < -0.39 is 5.97 Å². The summed E-state index contributed by atoms with van der Waals surface area (Å²) in [5.41, 5.74) is 9.82. The minimum atomic E-state index is -0.517. The van der Waals surface area contributed by atoms with E-state index in [0.29, 0.717) is 12.2 Å². The molecule has 0 atom stereocenters. The molecule has 0 radical (unpaired) electrons. The molecule has 0 amide bonds. The van der Waals surface area contributed by atoms with E-state index in [1.54, 1.807) is 10.9 Å². The van der Waals surface area contributed by atoms with E-state index in [4.69, 9.17) is 5.73 Å². The van der Waals surface area contributed by atoms with E-state index in [1.807, 2.05) is 6.07 Å². The third-order valence-corrected chi connectivity index (χ3v) is 3.08. The van der Waals surface area contributed by atoms with Gasteiger partial charge >= 0.3 is 5.97 Å². The standard InChI is InChI=1S/C14H17N3O2/c1-9-4-5-11(6-10(9)2)7-17-8-12(15)13(16-17)14(18)19-3/h4-6,8H,7,15H2,1-3H3. The van der Waals surface area contributed by atoms with Gasteiger partial charge in [0.05, 0.1) is 19.3 Å². The fourth-order valence-electron chi connectivity index (χ4n) is 1.86. The number of hydrogen-bond donors (Lipinski definition) is 1. The number of benzene rings is 1. The number of nitrogen functional groups attached to an aromatic ring is 1. The van der Waals surface area contributed by atoms with Crippen LogP contribution in [-0.4, -0.2) is 22.9 Å². The third-order valence-electron chi connectivity index (χ3n) is 3.08. The minimum absolute atomic E-state index is 0.159. The number of carbonyl (C=O) groups excluding carboxylic acids is 1. The largest absolute Gasteiger partial charge is 0.464 e. The summed E-state index contributed by atoms with van der Waals surface area (Å²) in [7, 11) is 1.31. The first kappa shape index (κ1) is 13.1. The molecule has 2 rings (SSSR count). The molecule has 1 aromatic heterocycles. The van der Waals surface area contributed by atoms with Crippen LogP contribution in [0.4, 0.5) is 5.69 Å². The highest BCUT2D eigenvalue weighted by molar-refractivity contribution is 5.92. The van der Waals surface area contributed by atoms with Crippen LogP contribution < -0.4 is 5.73 Å². The number of methoxy groups -OCH3 is 1. The molecule has 0 fully saturated rings. The van der Waals surface area contributed by atoms with E-state index in [1.165, 1.54) is 18.2 Å². The molecule has 0 bridgehead atoms. The summed E-state index contributed by atoms with van der Waals surface area (Å²) in [4.78, 5) is 11.4. The Morgan fingerprint density at radius 1 is 1.37 bits per heavy atom. The first-order valence-corrected chi connectivity index (χ1v) is 5.98. The maximum Gasteiger partial charge on any atom is 0.360 e. The van der Waals surface area contributed by atoms with Crippen molar-refractivity contribution < 1.29 is 9.53 Å². The average molecular weight is 259 g/mol. The van der Waals surface area contributed by atoms with Crippen LogP contribution in [0.3, 0.4) is 0 Å². The first-order valence-electron chi connectivity index (χ1n) is 5.98. The Hall–Kier alpha value is -2.30. The minimum Gasteiger partial charge on any atom is -0.464 e. The number of rotatable bonds is 3. The lowest BCUT2D eigenvalue weighted by Crippen LogP contribution is -2.07. The van der Waals surface area contributed by atoms with Gasteiger partial charge in [0.25, 0.3) is 0 Å². The number of carbonyl (C=O) groups is 1. The topological polar surface area (TPSA) is 70.1 Å². The highest BCUT2D eigenvalue weighted by Gasteiger charge is 2.15. The van der Waals surface area contributed by atoms with E-state index in [9.17, 15) is 4.79 Å². The van der Waals surface area contributed by atoms with Crippen molar-refractivity contribution in [2.75, 3.05) is 12.8 Å². The summed E-state index contributed by atoms with van der Waals surface area (Å²) in [6.45, 7) is 4.71. The van der Waals surface area contributed by atoms with Crippen molar-refractivity contribution >= 4 is 11.7 Å². The molecule has 5 nitrogen and oxygen atoms in total. The van der Waals surface area contributed by atoms with Crippen LogP contribution in [0.2, 0.25) is 0 Å². The van der Waals surface area contributed by atoms with Gasteiger partial charge in [-0.25, -0.2) is 4.79 Å². The number of esters is 1. The van der Waals surface area contributed by atoms with E-state index in [0.717, 1.165) is 5.56 Å². The fourth-order valence-corrected chi connectivity index (χ4v) is 1.86. The van der Waals surface area contributed by atoms with Gasteiger partial charge in [0.2, 0.25) is 0 Å². The lowest BCUT2D eigenvalue weighted by molar-refractivity contribution is 0.0594. The van der Waals surface area contributed by atoms with Gasteiger partial charge in [0.1, 0.15) is 0 Å². The van der Waals surface area contributed by atoms with Crippen LogP contribution >= 0.6 is 0 Å². The summed E-state index contributed by atoms with van der Waals surface area (Å²) in [6, 6.07) is 6.21. The molecule has 1 aromatic carbocycles. The zero-order valence-electron chi connectivity index (χ0n) is 11.3. The number of aromatic nitrogens is 2. The number of hydrogen-bond acceptors (Lipinski definition) is 4. The number of nitrogens with two attached hydrogens (primary N) is 1. The molecule has 0 aliphatic heterocycles. The fraction of sp³-hybridized carbons (Fsp3) is 0.286. The van der Waals surface area contributed by atoms with Crippen LogP contribution in [-0.2, 0) is 11.3 Å². The van der Waals surface area contributed by atoms with Crippen LogP contribution in [0, 0.1) is 13.8 Å². The SMILES string of the molecule is COC(=O)c1nn(Cc2ccc(C)c(C)c2)cc1N. The Kier molecular flexibility index (Phi) is 3.55. The second-order valence-corrected chi connectivity index (χ2v) is 4.54. The first-order chi connectivity index (χ1) is 9.01. The molecule has 0 spiro atoms. The molecule has 100 valence electrons. The lowest BCUT2D eigenvalue weighted by atomic mass is 10.1. The Balaban J connectivity index is 2.24. The Labute approximate surface area is 112 Å². The Morgan fingerprint density at radius 2 is 2.11 bits per heavy atom. The Bertz CT molecular complexity index is 617. The van der Waals surface area contributed by atoms with Crippen molar-refractivity contribution in [1.29, 1.82) is 0 Å². The zero-order valence-corrected chi connectivity index (χ0v) is 11.3. The monoisotopic (exact) mass is 259 g/mol. The highest BCUT2D eigenvalue weighted by Crippen LogP contribution is 2.14. The molecule has 0 aliphatic rings. The van der Waals surface area contributed by atoms with Gasteiger partial charge in [-0.1, -0.05) is 18.2 Å². The normalized spacial score (nSPS) is 10.5. The molecular weight excluding hydrogens is 242 g/mol. The molecule has 0 saturated heterocycles. The summed E-state index contributed by atoms with van der Waals surface area (Å²) in [5, 5.41) is 4.15. The second kappa shape index (κ2) is 5.14. The number of aryl methyl sites for hydroxylation is 2. The van der Waals surface area contributed by atoms with Crippen LogP contribution in [0.25, 0.3) is 0 Å². The quantitative estimate of drug-likeness (QED) is 0.855. The summed E-state index contributed by atoms with van der Waals surface area (Å²) < 4.78 is 6.27. The van der Waals surface area contributed by atoms with Crippen LogP contribution in [0.15, 0.2) is 24.4 Å². The van der Waals surface area contributed by atoms with E-state index >= 15 is 0 Å². The van der Waals surface area contributed by atoms with Gasteiger partial charge in [-0.2, -0.15) is 5.10 Å². The van der Waals surface area contributed by atoms with Crippen LogP contribution in [0.1, 0.15) is 27.2 Å². The van der Waals surface area contributed by atoms with Crippen LogP contribution in [0.5, 0.6) is 0 Å². The van der Waals surface area contributed by atoms with Gasteiger partial charge in [-0.05, 0) is 30.5 Å². The van der Waals surface area contributed by atoms with E-state index in [2.05, 4.69) is 35.8 Å². The van der Waals surface area contributed by atoms with Crippen molar-refractivity contribution in [1.82, 2.24) is 9.78 Å². The summed E-state index contributed by atoms with van der Waals surface area (Å²) in [6.07, 6.45) is 1.64. The third kappa shape index (κ3) is 2.76. The zero-order chi connectivity index (χ0) is 14.0. The Morgan fingerprint density at radius 3 is 2.74 bits per heavy atom.